The van der Waals surface area contributed by atoms with Crippen molar-refractivity contribution in [2.24, 2.45) is 0 Å². The van der Waals surface area contributed by atoms with E-state index in [-0.39, 0.29) is 5.91 Å². The minimum Gasteiger partial charge on any atom is -0.451 e. The summed E-state index contributed by atoms with van der Waals surface area (Å²) in [5.74, 6) is -0.00748. The van der Waals surface area contributed by atoms with Crippen molar-refractivity contribution >= 4 is 17.3 Å². The van der Waals surface area contributed by atoms with Crippen molar-refractivity contribution in [2.75, 3.05) is 23.3 Å². The zero-order valence-electron chi connectivity index (χ0n) is 11.9. The summed E-state index contributed by atoms with van der Waals surface area (Å²) in [6, 6.07) is 8.06. The van der Waals surface area contributed by atoms with E-state index < -0.39 is 0 Å². The zero-order valence-corrected chi connectivity index (χ0v) is 11.9. The Morgan fingerprint density at radius 1 is 1.24 bits per heavy atom. The predicted octanol–water partition coefficient (Wildman–Crippen LogP) is 2.85. The molecule has 1 N–H and O–H groups in total. The van der Waals surface area contributed by atoms with Gasteiger partial charge in [-0.25, -0.2) is 4.98 Å². The number of hydrogen-bond donors (Lipinski definition) is 1. The molecule has 5 nitrogen and oxygen atoms in total. The van der Waals surface area contributed by atoms with Crippen molar-refractivity contribution in [2.45, 2.75) is 25.7 Å². The maximum atomic E-state index is 11.9. The Bertz CT molecular complexity index is 572. The fraction of sp³-hybridized carbons (Fsp3) is 0.375. The smallest absolute Gasteiger partial charge is 0.224 e. The van der Waals surface area contributed by atoms with Gasteiger partial charge in [0.15, 0.2) is 6.39 Å². The molecule has 1 aromatic carbocycles. The highest BCUT2D eigenvalue weighted by atomic mass is 16.3. The highest BCUT2D eigenvalue weighted by Crippen LogP contribution is 2.22. The third-order valence-corrected chi connectivity index (χ3v) is 3.71. The second-order valence-electron chi connectivity index (χ2n) is 5.27. The van der Waals surface area contributed by atoms with E-state index in [4.69, 9.17) is 4.42 Å². The van der Waals surface area contributed by atoms with E-state index in [0.29, 0.717) is 12.8 Å². The molecule has 1 aromatic heterocycles. The molecular formula is C16H19N3O2. The van der Waals surface area contributed by atoms with Crippen molar-refractivity contribution in [1.29, 1.82) is 0 Å². The van der Waals surface area contributed by atoms with Crippen molar-refractivity contribution in [3.05, 3.63) is 42.6 Å². The molecule has 21 heavy (non-hydrogen) atoms. The van der Waals surface area contributed by atoms with Gasteiger partial charge < -0.3 is 14.6 Å². The first-order valence-electron chi connectivity index (χ1n) is 7.33. The number of aromatic nitrogens is 1. The van der Waals surface area contributed by atoms with Gasteiger partial charge in [-0.2, -0.15) is 0 Å². The molecule has 0 unspecified atom stereocenters. The lowest BCUT2D eigenvalue weighted by molar-refractivity contribution is -0.116. The van der Waals surface area contributed by atoms with Crippen molar-refractivity contribution in [3.8, 4) is 0 Å². The Morgan fingerprint density at radius 3 is 2.67 bits per heavy atom. The molecule has 1 aliphatic heterocycles. The number of rotatable bonds is 5. The number of carbonyl (C=O) groups excluding carboxylic acids is 1. The number of nitrogens with one attached hydrogen (secondary N) is 1. The van der Waals surface area contributed by atoms with E-state index in [1.54, 1.807) is 6.26 Å². The molecule has 0 saturated carbocycles. The summed E-state index contributed by atoms with van der Waals surface area (Å²) in [6.07, 6.45) is 6.47. The van der Waals surface area contributed by atoms with Gasteiger partial charge in [-0.1, -0.05) is 0 Å². The summed E-state index contributed by atoms with van der Waals surface area (Å²) >= 11 is 0. The first-order chi connectivity index (χ1) is 10.3. The number of amides is 1. The molecule has 0 atom stereocenters. The van der Waals surface area contributed by atoms with Crippen LogP contribution in [0.25, 0.3) is 0 Å². The van der Waals surface area contributed by atoms with E-state index >= 15 is 0 Å². The van der Waals surface area contributed by atoms with Crippen LogP contribution in [0.1, 0.15) is 25.0 Å². The highest BCUT2D eigenvalue weighted by molar-refractivity contribution is 5.91. The van der Waals surface area contributed by atoms with Crippen LogP contribution in [0.4, 0.5) is 11.4 Å². The average Bonchev–Trinajstić information content (AvgIpc) is 3.19. The standard InChI is InChI=1S/C16H19N3O2/c20-16(8-5-14-11-21-12-17-14)18-13-3-6-15(7-4-13)19-9-1-2-10-19/h3-4,6-7,11-12H,1-2,5,8-10H2,(H,18,20). The molecule has 0 spiro atoms. The lowest BCUT2D eigenvalue weighted by Gasteiger charge is -2.17. The summed E-state index contributed by atoms with van der Waals surface area (Å²) in [6.45, 7) is 2.26. The summed E-state index contributed by atoms with van der Waals surface area (Å²) in [4.78, 5) is 18.2. The Morgan fingerprint density at radius 2 is 2.00 bits per heavy atom. The number of hydrogen-bond acceptors (Lipinski definition) is 4. The van der Waals surface area contributed by atoms with E-state index in [0.717, 1.165) is 24.5 Å². The predicted molar refractivity (Wildman–Crippen MR) is 81.3 cm³/mol. The van der Waals surface area contributed by atoms with Gasteiger partial charge in [0.05, 0.1) is 5.69 Å². The molecule has 2 aromatic rings. The Hall–Kier alpha value is -2.30. The van der Waals surface area contributed by atoms with Crippen LogP contribution in [0.5, 0.6) is 0 Å². The summed E-state index contributed by atoms with van der Waals surface area (Å²) < 4.78 is 4.88. The van der Waals surface area contributed by atoms with Crippen molar-refractivity contribution < 1.29 is 9.21 Å². The molecule has 0 radical (unpaired) electrons. The molecule has 1 amide bonds. The van der Waals surface area contributed by atoms with Gasteiger partial charge in [0.2, 0.25) is 5.91 Å². The molecule has 1 fully saturated rings. The van der Waals surface area contributed by atoms with Gasteiger partial charge in [0, 0.05) is 37.3 Å². The molecule has 110 valence electrons. The number of nitrogens with zero attached hydrogens (tertiary/aromatic N) is 2. The molecular weight excluding hydrogens is 266 g/mol. The van der Waals surface area contributed by atoms with Gasteiger partial charge in [0.25, 0.3) is 0 Å². The van der Waals surface area contributed by atoms with Crippen LogP contribution in [-0.4, -0.2) is 24.0 Å². The van der Waals surface area contributed by atoms with Crippen LogP contribution < -0.4 is 10.2 Å². The maximum absolute atomic E-state index is 11.9. The Kier molecular flexibility index (Phi) is 4.19. The van der Waals surface area contributed by atoms with E-state index in [2.05, 4.69) is 27.3 Å². The number of carbonyl (C=O) groups is 1. The van der Waals surface area contributed by atoms with Crippen LogP contribution in [0.3, 0.4) is 0 Å². The fourth-order valence-electron chi connectivity index (χ4n) is 2.56. The quantitative estimate of drug-likeness (QED) is 0.917. The molecule has 5 heteroatoms. The molecule has 1 aliphatic rings. The Balaban J connectivity index is 1.51. The molecule has 0 aliphatic carbocycles. The van der Waals surface area contributed by atoms with Gasteiger partial charge in [0.1, 0.15) is 6.26 Å². The first-order valence-corrected chi connectivity index (χ1v) is 7.33. The SMILES string of the molecule is O=C(CCc1cocn1)Nc1ccc(N2CCCC2)cc1. The largest absolute Gasteiger partial charge is 0.451 e. The number of oxazole rings is 1. The number of aryl methyl sites for hydroxylation is 1. The van der Waals surface area contributed by atoms with Gasteiger partial charge in [-0.3, -0.25) is 4.79 Å². The summed E-state index contributed by atoms with van der Waals surface area (Å²) in [5, 5.41) is 2.91. The van der Waals surface area contributed by atoms with Crippen LogP contribution in [0, 0.1) is 0 Å². The lowest BCUT2D eigenvalue weighted by atomic mass is 10.2. The van der Waals surface area contributed by atoms with E-state index in [9.17, 15) is 4.79 Å². The average molecular weight is 285 g/mol. The topological polar surface area (TPSA) is 58.4 Å². The van der Waals surface area contributed by atoms with Crippen LogP contribution in [-0.2, 0) is 11.2 Å². The van der Waals surface area contributed by atoms with Crippen LogP contribution >= 0.6 is 0 Å². The Labute approximate surface area is 124 Å². The van der Waals surface area contributed by atoms with Gasteiger partial charge in [-0.05, 0) is 37.1 Å². The second-order valence-corrected chi connectivity index (χ2v) is 5.27. The molecule has 2 heterocycles. The lowest BCUT2D eigenvalue weighted by Crippen LogP contribution is -2.17. The van der Waals surface area contributed by atoms with Crippen LogP contribution in [0.15, 0.2) is 41.3 Å². The number of anilines is 2. The van der Waals surface area contributed by atoms with Crippen LogP contribution in [0.2, 0.25) is 0 Å². The van der Waals surface area contributed by atoms with Crippen molar-refractivity contribution in [1.82, 2.24) is 4.98 Å². The molecule has 1 saturated heterocycles. The molecule has 3 rings (SSSR count). The minimum absolute atomic E-state index is 0.00748. The summed E-state index contributed by atoms with van der Waals surface area (Å²) in [7, 11) is 0. The fourth-order valence-corrected chi connectivity index (χ4v) is 2.56. The second kappa shape index (κ2) is 6.43. The first kappa shape index (κ1) is 13.7. The molecule has 0 bridgehead atoms. The zero-order chi connectivity index (χ0) is 14.5. The monoisotopic (exact) mass is 285 g/mol. The van der Waals surface area contributed by atoms with Crippen molar-refractivity contribution in [3.63, 3.8) is 0 Å². The van der Waals surface area contributed by atoms with Gasteiger partial charge >= 0.3 is 0 Å². The third-order valence-electron chi connectivity index (χ3n) is 3.71. The van der Waals surface area contributed by atoms with E-state index in [1.165, 1.54) is 24.9 Å². The van der Waals surface area contributed by atoms with E-state index in [1.807, 2.05) is 12.1 Å². The van der Waals surface area contributed by atoms with Gasteiger partial charge in [-0.15, -0.1) is 0 Å². The highest BCUT2D eigenvalue weighted by Gasteiger charge is 2.12. The summed E-state index contributed by atoms with van der Waals surface area (Å²) in [5.41, 5.74) is 2.87. The maximum Gasteiger partial charge on any atom is 0.224 e. The minimum atomic E-state index is -0.00748. The normalized spacial score (nSPS) is 14.4. The number of benzene rings is 1. The third kappa shape index (κ3) is 3.62.